The second kappa shape index (κ2) is 9.40. The van der Waals surface area contributed by atoms with E-state index >= 15 is 0 Å². The summed E-state index contributed by atoms with van der Waals surface area (Å²) in [6, 6.07) is 21.1. The van der Waals surface area contributed by atoms with Gasteiger partial charge in [0.2, 0.25) is 0 Å². The summed E-state index contributed by atoms with van der Waals surface area (Å²) in [5.74, 6) is 0.362. The number of benzene rings is 3. The Morgan fingerprint density at radius 3 is 2.47 bits per heavy atom. The van der Waals surface area contributed by atoms with Crippen molar-refractivity contribution in [3.05, 3.63) is 89.5 Å². The second-order valence-electron chi connectivity index (χ2n) is 8.45. The van der Waals surface area contributed by atoms with Crippen LogP contribution in [0.2, 0.25) is 0 Å². The van der Waals surface area contributed by atoms with Gasteiger partial charge in [0.05, 0.1) is 5.56 Å². The van der Waals surface area contributed by atoms with Crippen molar-refractivity contribution in [3.63, 3.8) is 0 Å². The van der Waals surface area contributed by atoms with Gasteiger partial charge >= 0.3 is 5.97 Å². The quantitative estimate of drug-likeness (QED) is 0.433. The van der Waals surface area contributed by atoms with Gasteiger partial charge in [0.25, 0.3) is 10.0 Å². The molecule has 1 N–H and O–H groups in total. The van der Waals surface area contributed by atoms with Gasteiger partial charge in [-0.2, -0.15) is 8.42 Å². The van der Waals surface area contributed by atoms with Crippen molar-refractivity contribution in [2.75, 3.05) is 18.4 Å². The highest BCUT2D eigenvalue weighted by molar-refractivity contribution is 7.90. The molecule has 1 fully saturated rings. The molecule has 0 aliphatic carbocycles. The zero-order valence-corrected chi connectivity index (χ0v) is 19.4. The number of likely N-dealkylation sites (tertiary alicyclic amines) is 1. The maximum Gasteiger partial charge on any atom is 0.343 e. The van der Waals surface area contributed by atoms with Crippen molar-refractivity contribution in [1.29, 1.82) is 0 Å². The Kier molecular flexibility index (Phi) is 6.17. The summed E-state index contributed by atoms with van der Waals surface area (Å²) in [5.41, 5.74) is 2.55. The van der Waals surface area contributed by atoms with Crippen molar-refractivity contribution in [1.82, 2.24) is 4.90 Å². The van der Waals surface area contributed by atoms with Crippen LogP contribution < -0.4 is 10.1 Å². The molecule has 2 aliphatic heterocycles. The number of sulfonamides is 1. The molecule has 0 spiro atoms. The first kappa shape index (κ1) is 22.3. The van der Waals surface area contributed by atoms with E-state index in [0.717, 1.165) is 31.5 Å². The Morgan fingerprint density at radius 1 is 0.941 bits per heavy atom. The summed E-state index contributed by atoms with van der Waals surface area (Å²) in [4.78, 5) is 15.2. The fourth-order valence-corrected chi connectivity index (χ4v) is 5.48. The van der Waals surface area contributed by atoms with Crippen molar-refractivity contribution in [3.8, 4) is 5.75 Å². The van der Waals surface area contributed by atoms with E-state index in [1.54, 1.807) is 60.7 Å². The van der Waals surface area contributed by atoms with E-state index in [1.165, 1.54) is 6.42 Å². The minimum Gasteiger partial charge on any atom is -0.423 e. The fourth-order valence-electron chi connectivity index (χ4n) is 4.30. The van der Waals surface area contributed by atoms with Crippen molar-refractivity contribution >= 4 is 27.5 Å². The highest BCUT2D eigenvalue weighted by atomic mass is 32.2. The molecule has 3 aromatic rings. The molecule has 0 amide bonds. The van der Waals surface area contributed by atoms with Gasteiger partial charge in [-0.3, -0.25) is 4.90 Å². The highest BCUT2D eigenvalue weighted by Crippen LogP contribution is 2.30. The molecule has 0 radical (unpaired) electrons. The number of carbonyl (C=O) groups is 1. The van der Waals surface area contributed by atoms with Crippen LogP contribution in [-0.2, 0) is 16.6 Å². The van der Waals surface area contributed by atoms with Crippen LogP contribution in [-0.4, -0.2) is 38.2 Å². The van der Waals surface area contributed by atoms with Crippen LogP contribution >= 0.6 is 0 Å². The molecule has 0 aromatic heterocycles. The van der Waals surface area contributed by atoms with Crippen LogP contribution in [0.5, 0.6) is 5.75 Å². The van der Waals surface area contributed by atoms with E-state index in [1.807, 2.05) is 12.1 Å². The van der Waals surface area contributed by atoms with Crippen LogP contribution in [0.1, 0.15) is 40.7 Å². The number of nitrogens with one attached hydrogen (secondary N) is 1. The molecular formula is C26H25N3O4S. The van der Waals surface area contributed by atoms with E-state index in [4.69, 9.17) is 4.74 Å². The number of fused-ring (bicyclic) bond motifs is 1. The Hall–Kier alpha value is -3.49. The van der Waals surface area contributed by atoms with E-state index < -0.39 is 16.0 Å². The number of esters is 1. The topological polar surface area (TPSA) is 88.1 Å². The largest absolute Gasteiger partial charge is 0.423 e. The number of hydrogen-bond donors (Lipinski definition) is 1. The van der Waals surface area contributed by atoms with Gasteiger partial charge in [-0.15, -0.1) is 4.40 Å². The molecule has 2 heterocycles. The number of amidine groups is 1. The normalized spacial score (nSPS) is 17.0. The van der Waals surface area contributed by atoms with E-state index in [0.29, 0.717) is 29.1 Å². The van der Waals surface area contributed by atoms with Crippen LogP contribution in [0.3, 0.4) is 0 Å². The molecule has 3 aromatic carbocycles. The predicted octanol–water partition coefficient (Wildman–Crippen LogP) is 4.45. The fraction of sp³-hybridized carbons (Fsp3) is 0.231. The number of ether oxygens (including phenoxy) is 1. The number of piperidine rings is 1. The predicted molar refractivity (Wildman–Crippen MR) is 131 cm³/mol. The summed E-state index contributed by atoms with van der Waals surface area (Å²) in [6.45, 7) is 2.61. The maximum absolute atomic E-state index is 12.7. The van der Waals surface area contributed by atoms with Gasteiger partial charge in [0.15, 0.2) is 5.84 Å². The molecular weight excluding hydrogens is 450 g/mol. The Bertz CT molecular complexity index is 1350. The average molecular weight is 476 g/mol. The highest BCUT2D eigenvalue weighted by Gasteiger charge is 2.28. The zero-order valence-electron chi connectivity index (χ0n) is 18.6. The molecule has 0 unspecified atom stereocenters. The minimum absolute atomic E-state index is 0.194. The van der Waals surface area contributed by atoms with Crippen LogP contribution in [0.25, 0.3) is 0 Å². The van der Waals surface area contributed by atoms with Gasteiger partial charge in [-0.25, -0.2) is 4.79 Å². The first-order valence-electron chi connectivity index (χ1n) is 11.3. The second-order valence-corrected chi connectivity index (χ2v) is 10.0. The van der Waals surface area contributed by atoms with Gasteiger partial charge < -0.3 is 10.1 Å². The first-order valence-corrected chi connectivity index (χ1v) is 12.8. The summed E-state index contributed by atoms with van der Waals surface area (Å²) < 4.78 is 34.5. The molecule has 5 rings (SSSR count). The molecule has 2 aliphatic rings. The molecule has 0 atom stereocenters. The first-order chi connectivity index (χ1) is 16.5. The number of hydrogen-bond acceptors (Lipinski definition) is 6. The standard InChI is InChI=1S/C26H25N3O4S/c30-26(19-9-3-1-4-10-19)33-23-14-13-21(17-20(23)18-29-15-7-2-8-16-29)27-25-22-11-5-6-12-24(22)34(31,32)28-25/h1,3-6,9-14,17H,2,7-8,15-16,18H2,(H,27,28). The Labute approximate surface area is 199 Å². The Morgan fingerprint density at radius 2 is 1.68 bits per heavy atom. The van der Waals surface area contributed by atoms with Crippen molar-refractivity contribution in [2.24, 2.45) is 4.40 Å². The lowest BCUT2D eigenvalue weighted by atomic mass is 10.1. The lowest BCUT2D eigenvalue weighted by Gasteiger charge is -2.27. The van der Waals surface area contributed by atoms with Gasteiger partial charge in [0.1, 0.15) is 10.6 Å². The summed E-state index contributed by atoms with van der Waals surface area (Å²) >= 11 is 0. The molecule has 174 valence electrons. The van der Waals surface area contributed by atoms with E-state index in [2.05, 4.69) is 14.6 Å². The van der Waals surface area contributed by atoms with Gasteiger partial charge in [-0.05, 0) is 68.4 Å². The maximum atomic E-state index is 12.7. The smallest absolute Gasteiger partial charge is 0.343 e. The molecule has 0 saturated carbocycles. The molecule has 0 bridgehead atoms. The third-order valence-corrected chi connectivity index (χ3v) is 7.34. The molecule has 1 saturated heterocycles. The van der Waals surface area contributed by atoms with Crippen LogP contribution in [0.4, 0.5) is 5.69 Å². The molecule has 7 nitrogen and oxygen atoms in total. The van der Waals surface area contributed by atoms with Gasteiger partial charge in [0, 0.05) is 23.4 Å². The van der Waals surface area contributed by atoms with E-state index in [-0.39, 0.29) is 10.7 Å². The number of anilines is 1. The van der Waals surface area contributed by atoms with Crippen LogP contribution in [0.15, 0.2) is 82.1 Å². The van der Waals surface area contributed by atoms with Crippen LogP contribution in [0, 0.1) is 0 Å². The third kappa shape index (κ3) is 4.73. The summed E-state index contributed by atoms with van der Waals surface area (Å²) in [5, 5.41) is 3.15. The zero-order chi connectivity index (χ0) is 23.5. The number of nitrogens with zero attached hydrogens (tertiary/aromatic N) is 2. The van der Waals surface area contributed by atoms with Crippen molar-refractivity contribution in [2.45, 2.75) is 30.7 Å². The average Bonchev–Trinajstić information content (AvgIpc) is 3.11. The Balaban J connectivity index is 1.44. The lowest BCUT2D eigenvalue weighted by Crippen LogP contribution is -2.29. The number of rotatable bonds is 5. The summed E-state index contributed by atoms with van der Waals surface area (Å²) in [7, 11) is -3.71. The lowest BCUT2D eigenvalue weighted by molar-refractivity contribution is 0.0731. The van der Waals surface area contributed by atoms with Gasteiger partial charge in [-0.1, -0.05) is 36.8 Å². The third-order valence-electron chi connectivity index (χ3n) is 6.01. The van der Waals surface area contributed by atoms with E-state index in [9.17, 15) is 13.2 Å². The SMILES string of the molecule is O=C(Oc1ccc(NC2=NS(=O)(=O)c3ccccc32)cc1CN1CCCCC1)c1ccccc1. The number of carbonyl (C=O) groups excluding carboxylic acids is 1. The van der Waals surface area contributed by atoms with Crippen molar-refractivity contribution < 1.29 is 17.9 Å². The summed E-state index contributed by atoms with van der Waals surface area (Å²) in [6.07, 6.45) is 3.51. The monoisotopic (exact) mass is 475 g/mol. The molecule has 8 heteroatoms. The minimum atomic E-state index is -3.71. The molecule has 34 heavy (non-hydrogen) atoms.